The number of carbonyl (C=O) groups is 4. The van der Waals surface area contributed by atoms with E-state index in [4.69, 9.17) is 32.8 Å². The van der Waals surface area contributed by atoms with E-state index in [-0.39, 0.29) is 11.3 Å². The molecular formula is C29H28O12. The van der Waals surface area contributed by atoms with E-state index < -0.39 is 66.8 Å². The minimum atomic E-state index is -1.43. The SMILES string of the molecule is CC(=O)OC[C@@H]1O[C@@H](Oc2ccc3c(-c4ccccc4)cc(=O)oc3c2)[C@H](OC(C)=O)[C@@H](OC(C)=O)[C@@H]1OC(C)=O. The molecule has 0 bridgehead atoms. The summed E-state index contributed by atoms with van der Waals surface area (Å²) >= 11 is 0. The maximum absolute atomic E-state index is 12.4. The predicted molar refractivity (Wildman–Crippen MR) is 141 cm³/mol. The van der Waals surface area contributed by atoms with E-state index in [1.54, 1.807) is 12.1 Å². The first-order valence-corrected chi connectivity index (χ1v) is 12.6. The lowest BCUT2D eigenvalue weighted by Gasteiger charge is -2.43. The van der Waals surface area contributed by atoms with Crippen molar-refractivity contribution in [2.75, 3.05) is 6.61 Å². The summed E-state index contributed by atoms with van der Waals surface area (Å²) in [5.74, 6) is -2.77. The largest absolute Gasteiger partial charge is 0.463 e. The van der Waals surface area contributed by atoms with E-state index in [0.717, 1.165) is 26.3 Å². The fourth-order valence-corrected chi connectivity index (χ4v) is 4.49. The van der Waals surface area contributed by atoms with Crippen LogP contribution in [0.3, 0.4) is 0 Å². The quantitative estimate of drug-likeness (QED) is 0.223. The fourth-order valence-electron chi connectivity index (χ4n) is 4.49. The monoisotopic (exact) mass is 568 g/mol. The third kappa shape index (κ3) is 7.28. The Balaban J connectivity index is 1.74. The van der Waals surface area contributed by atoms with Crippen molar-refractivity contribution in [3.05, 3.63) is 65.0 Å². The van der Waals surface area contributed by atoms with Gasteiger partial charge in [0.2, 0.25) is 12.4 Å². The first-order valence-electron chi connectivity index (χ1n) is 12.6. The fraction of sp³-hybridized carbons (Fsp3) is 0.345. The first-order chi connectivity index (χ1) is 19.5. The van der Waals surface area contributed by atoms with Gasteiger partial charge in [-0.3, -0.25) is 19.2 Å². The van der Waals surface area contributed by atoms with Gasteiger partial charge in [0.15, 0.2) is 12.2 Å². The van der Waals surface area contributed by atoms with Crippen LogP contribution < -0.4 is 10.4 Å². The maximum atomic E-state index is 12.4. The van der Waals surface area contributed by atoms with E-state index in [9.17, 15) is 24.0 Å². The molecule has 1 aliphatic rings. The molecule has 1 saturated heterocycles. The normalized spacial score (nSPS) is 21.9. The van der Waals surface area contributed by atoms with Crippen molar-refractivity contribution in [1.29, 1.82) is 0 Å². The van der Waals surface area contributed by atoms with Crippen molar-refractivity contribution in [1.82, 2.24) is 0 Å². The zero-order valence-corrected chi connectivity index (χ0v) is 22.7. The summed E-state index contributed by atoms with van der Waals surface area (Å²) in [6.45, 7) is 4.16. The van der Waals surface area contributed by atoms with Crippen molar-refractivity contribution in [3.63, 3.8) is 0 Å². The Kier molecular flexibility index (Phi) is 9.03. The van der Waals surface area contributed by atoms with E-state index in [0.29, 0.717) is 10.9 Å². The highest BCUT2D eigenvalue weighted by Crippen LogP contribution is 2.33. The summed E-state index contributed by atoms with van der Waals surface area (Å²) < 4.78 is 38.7. The molecule has 1 aliphatic heterocycles. The van der Waals surface area contributed by atoms with Crippen LogP contribution in [0.5, 0.6) is 5.75 Å². The standard InChI is InChI=1S/C29H28O12/c1-15(30)35-14-24-26(36-16(2)31)27(37-17(3)32)28(38-18(4)33)29(41-24)39-20-10-11-21-22(19-8-6-5-7-9-19)13-25(34)40-23(21)12-20/h5-13,24,26-29H,14H2,1-4H3/t24-,26+,27-,28+,29+/m0/s1. The van der Waals surface area contributed by atoms with Gasteiger partial charge in [-0.15, -0.1) is 0 Å². The predicted octanol–water partition coefficient (Wildman–Crippen LogP) is 2.92. The van der Waals surface area contributed by atoms with Gasteiger partial charge < -0.3 is 32.8 Å². The van der Waals surface area contributed by atoms with Crippen molar-refractivity contribution in [3.8, 4) is 16.9 Å². The summed E-state index contributed by atoms with van der Waals surface area (Å²) in [7, 11) is 0. The molecule has 41 heavy (non-hydrogen) atoms. The molecule has 12 nitrogen and oxygen atoms in total. The maximum Gasteiger partial charge on any atom is 0.336 e. The summed E-state index contributed by atoms with van der Waals surface area (Å²) in [6, 6.07) is 15.4. The minimum Gasteiger partial charge on any atom is -0.463 e. The molecule has 216 valence electrons. The Hall–Kier alpha value is -4.71. The van der Waals surface area contributed by atoms with Crippen molar-refractivity contribution < 1.29 is 52.0 Å². The molecule has 2 aromatic carbocycles. The molecule has 5 atom stereocenters. The number of carbonyl (C=O) groups excluding carboxylic acids is 4. The van der Waals surface area contributed by atoms with Crippen LogP contribution in [-0.2, 0) is 42.9 Å². The third-order valence-electron chi connectivity index (χ3n) is 6.00. The van der Waals surface area contributed by atoms with Crippen LogP contribution >= 0.6 is 0 Å². The van der Waals surface area contributed by atoms with Crippen LogP contribution in [-0.4, -0.2) is 61.2 Å². The van der Waals surface area contributed by atoms with Gasteiger partial charge in [0, 0.05) is 45.2 Å². The van der Waals surface area contributed by atoms with Crippen molar-refractivity contribution >= 4 is 34.8 Å². The van der Waals surface area contributed by atoms with Crippen LogP contribution in [0.4, 0.5) is 0 Å². The lowest BCUT2D eigenvalue weighted by Crippen LogP contribution is -2.63. The average Bonchev–Trinajstić information content (AvgIpc) is 2.90. The second-order valence-electron chi connectivity index (χ2n) is 9.19. The zero-order chi connectivity index (χ0) is 29.7. The highest BCUT2D eigenvalue weighted by atomic mass is 16.7. The smallest absolute Gasteiger partial charge is 0.336 e. The molecule has 0 radical (unpaired) electrons. The molecule has 3 aromatic rings. The molecule has 0 spiro atoms. The molecule has 2 heterocycles. The average molecular weight is 569 g/mol. The number of ether oxygens (including phenoxy) is 6. The Morgan fingerprint density at radius 2 is 1.39 bits per heavy atom. The Bertz CT molecular complexity index is 1490. The lowest BCUT2D eigenvalue weighted by atomic mass is 9.98. The Morgan fingerprint density at radius 1 is 0.756 bits per heavy atom. The Labute approximate surface area is 234 Å². The molecule has 1 fully saturated rings. The van der Waals surface area contributed by atoms with E-state index in [2.05, 4.69) is 0 Å². The molecule has 12 heteroatoms. The van der Waals surface area contributed by atoms with Crippen molar-refractivity contribution in [2.24, 2.45) is 0 Å². The highest BCUT2D eigenvalue weighted by Gasteiger charge is 2.53. The Morgan fingerprint density at radius 3 is 2.02 bits per heavy atom. The third-order valence-corrected chi connectivity index (χ3v) is 6.00. The number of hydrogen-bond donors (Lipinski definition) is 0. The van der Waals surface area contributed by atoms with E-state index >= 15 is 0 Å². The van der Waals surface area contributed by atoms with Gasteiger partial charge in [0.25, 0.3) is 0 Å². The number of hydrogen-bond acceptors (Lipinski definition) is 12. The topological polar surface area (TPSA) is 154 Å². The van der Waals surface area contributed by atoms with Crippen LogP contribution in [0.25, 0.3) is 22.1 Å². The van der Waals surface area contributed by atoms with Gasteiger partial charge in [-0.05, 0) is 23.3 Å². The van der Waals surface area contributed by atoms with Gasteiger partial charge in [0.1, 0.15) is 24.0 Å². The van der Waals surface area contributed by atoms with Gasteiger partial charge in [-0.2, -0.15) is 0 Å². The lowest BCUT2D eigenvalue weighted by molar-refractivity contribution is -0.288. The molecule has 0 amide bonds. The summed E-state index contributed by atoms with van der Waals surface area (Å²) in [6.07, 6.45) is -6.72. The molecule has 0 unspecified atom stereocenters. The summed E-state index contributed by atoms with van der Waals surface area (Å²) in [5.41, 5.74) is 1.08. The zero-order valence-electron chi connectivity index (χ0n) is 22.7. The van der Waals surface area contributed by atoms with Gasteiger partial charge >= 0.3 is 29.5 Å². The first kappa shape index (κ1) is 29.3. The van der Waals surface area contributed by atoms with Gasteiger partial charge in [0.05, 0.1) is 0 Å². The molecule has 1 aromatic heterocycles. The number of fused-ring (bicyclic) bond motifs is 1. The van der Waals surface area contributed by atoms with E-state index in [1.165, 1.54) is 19.1 Å². The molecule has 4 rings (SSSR count). The molecular weight excluding hydrogens is 540 g/mol. The van der Waals surface area contributed by atoms with Gasteiger partial charge in [-0.25, -0.2) is 4.79 Å². The molecule has 0 N–H and O–H groups in total. The number of esters is 4. The van der Waals surface area contributed by atoms with Crippen LogP contribution in [0.1, 0.15) is 27.7 Å². The second kappa shape index (κ2) is 12.6. The summed E-state index contributed by atoms with van der Waals surface area (Å²) in [4.78, 5) is 59.9. The minimum absolute atomic E-state index is 0.145. The number of rotatable bonds is 8. The summed E-state index contributed by atoms with van der Waals surface area (Å²) in [5, 5.41) is 0.629. The van der Waals surface area contributed by atoms with Crippen LogP contribution in [0.15, 0.2) is 63.8 Å². The van der Waals surface area contributed by atoms with E-state index in [1.807, 2.05) is 30.3 Å². The molecule has 0 saturated carbocycles. The van der Waals surface area contributed by atoms with Crippen LogP contribution in [0, 0.1) is 0 Å². The number of benzene rings is 2. The van der Waals surface area contributed by atoms with Crippen LogP contribution in [0.2, 0.25) is 0 Å². The van der Waals surface area contributed by atoms with Crippen molar-refractivity contribution in [2.45, 2.75) is 58.4 Å². The highest BCUT2D eigenvalue weighted by molar-refractivity contribution is 5.93. The second-order valence-corrected chi connectivity index (χ2v) is 9.19. The van der Waals surface area contributed by atoms with Gasteiger partial charge in [-0.1, -0.05) is 30.3 Å². The molecule has 0 aliphatic carbocycles.